The van der Waals surface area contributed by atoms with E-state index in [1.165, 1.54) is 23.5 Å². The van der Waals surface area contributed by atoms with Crippen molar-refractivity contribution < 1.29 is 27.4 Å². The monoisotopic (exact) mass is 495 g/mol. The third kappa shape index (κ3) is 5.70. The molecular weight excluding hydrogens is 466 g/mol. The lowest BCUT2D eigenvalue weighted by Gasteiger charge is -2.34. The van der Waals surface area contributed by atoms with Crippen molar-refractivity contribution in [1.82, 2.24) is 19.3 Å². The SMILES string of the molecule is COc1ccc(S(=O)(=O)N2CCN(C(=O)CCCc3nc(C(C)(C)C)no3)CC2)cc1[N+](=O)[O-]. The number of piperazine rings is 1. The minimum absolute atomic E-state index is 0.0190. The standard InChI is InChI=1S/C21H29N5O7S/c1-21(2,3)20-22-18(33-23-20)6-5-7-19(27)24-10-12-25(13-11-24)34(30,31)15-8-9-17(32-4)16(14-15)26(28)29/h8-9,14H,5-7,10-13H2,1-4H3. The van der Waals surface area contributed by atoms with Gasteiger partial charge in [0.15, 0.2) is 11.6 Å². The summed E-state index contributed by atoms with van der Waals surface area (Å²) in [6.07, 6.45) is 1.31. The molecule has 0 unspecified atom stereocenters. The highest BCUT2D eigenvalue weighted by atomic mass is 32.2. The lowest BCUT2D eigenvalue weighted by molar-refractivity contribution is -0.386. The molecule has 0 bridgehead atoms. The van der Waals surface area contributed by atoms with Gasteiger partial charge in [0.1, 0.15) is 0 Å². The van der Waals surface area contributed by atoms with Crippen LogP contribution in [0.15, 0.2) is 27.6 Å². The molecule has 1 aliphatic rings. The zero-order valence-electron chi connectivity index (χ0n) is 19.7. The highest BCUT2D eigenvalue weighted by Gasteiger charge is 2.32. The van der Waals surface area contributed by atoms with E-state index in [1.54, 1.807) is 4.90 Å². The van der Waals surface area contributed by atoms with Gasteiger partial charge in [0.2, 0.25) is 21.8 Å². The first-order valence-electron chi connectivity index (χ1n) is 10.9. The van der Waals surface area contributed by atoms with Gasteiger partial charge in [0, 0.05) is 50.5 Å². The molecule has 1 aromatic carbocycles. The molecule has 0 saturated carbocycles. The van der Waals surface area contributed by atoms with Crippen molar-refractivity contribution >= 4 is 21.6 Å². The number of benzene rings is 1. The maximum absolute atomic E-state index is 13.0. The van der Waals surface area contributed by atoms with Crippen molar-refractivity contribution in [2.24, 2.45) is 0 Å². The van der Waals surface area contributed by atoms with E-state index in [4.69, 9.17) is 9.26 Å². The Balaban J connectivity index is 1.54. The minimum atomic E-state index is -3.95. The Morgan fingerprint density at radius 1 is 1.24 bits per heavy atom. The summed E-state index contributed by atoms with van der Waals surface area (Å²) in [6.45, 7) is 6.65. The summed E-state index contributed by atoms with van der Waals surface area (Å²) in [6, 6.07) is 3.54. The number of rotatable bonds is 8. The van der Waals surface area contributed by atoms with Crippen LogP contribution in [0.3, 0.4) is 0 Å². The lowest BCUT2D eigenvalue weighted by Crippen LogP contribution is -2.50. The summed E-state index contributed by atoms with van der Waals surface area (Å²) in [4.78, 5) is 28.9. The van der Waals surface area contributed by atoms with Gasteiger partial charge in [-0.05, 0) is 18.6 Å². The van der Waals surface area contributed by atoms with Gasteiger partial charge in [-0.1, -0.05) is 25.9 Å². The molecule has 0 spiro atoms. The van der Waals surface area contributed by atoms with Crippen molar-refractivity contribution in [2.45, 2.75) is 50.3 Å². The van der Waals surface area contributed by atoms with Crippen LogP contribution in [0, 0.1) is 10.1 Å². The molecule has 1 saturated heterocycles. The van der Waals surface area contributed by atoms with Crippen molar-refractivity contribution in [1.29, 1.82) is 0 Å². The van der Waals surface area contributed by atoms with Crippen LogP contribution < -0.4 is 4.74 Å². The zero-order valence-corrected chi connectivity index (χ0v) is 20.5. The number of nitro benzene ring substituents is 1. The Bertz CT molecular complexity index is 1150. The summed E-state index contributed by atoms with van der Waals surface area (Å²) >= 11 is 0. The van der Waals surface area contributed by atoms with E-state index in [1.807, 2.05) is 20.8 Å². The maximum Gasteiger partial charge on any atom is 0.312 e. The second-order valence-electron chi connectivity index (χ2n) is 8.99. The van der Waals surface area contributed by atoms with E-state index in [0.29, 0.717) is 24.6 Å². The largest absolute Gasteiger partial charge is 0.490 e. The van der Waals surface area contributed by atoms with Gasteiger partial charge in [-0.15, -0.1) is 0 Å². The Morgan fingerprint density at radius 2 is 1.91 bits per heavy atom. The average Bonchev–Trinajstić information content (AvgIpc) is 3.28. The Morgan fingerprint density at radius 3 is 2.47 bits per heavy atom. The Labute approximate surface area is 198 Å². The molecule has 0 N–H and O–H groups in total. The summed E-state index contributed by atoms with van der Waals surface area (Å²) < 4.78 is 37.4. The van der Waals surface area contributed by atoms with Crippen LogP contribution >= 0.6 is 0 Å². The number of carbonyl (C=O) groups excluding carboxylic acids is 1. The number of methoxy groups -OCH3 is 1. The third-order valence-corrected chi connectivity index (χ3v) is 7.39. The van der Waals surface area contributed by atoms with Crippen LogP contribution in [-0.2, 0) is 26.7 Å². The number of aryl methyl sites for hydroxylation is 1. The van der Waals surface area contributed by atoms with E-state index in [9.17, 15) is 23.3 Å². The van der Waals surface area contributed by atoms with Crippen molar-refractivity contribution in [3.05, 3.63) is 40.0 Å². The molecule has 2 aromatic rings. The van der Waals surface area contributed by atoms with Gasteiger partial charge in [-0.25, -0.2) is 8.42 Å². The van der Waals surface area contributed by atoms with Gasteiger partial charge < -0.3 is 14.2 Å². The highest BCUT2D eigenvalue weighted by Crippen LogP contribution is 2.31. The van der Waals surface area contributed by atoms with Gasteiger partial charge in [0.05, 0.1) is 16.9 Å². The molecule has 0 radical (unpaired) electrons. The number of aromatic nitrogens is 2. The molecule has 1 aliphatic heterocycles. The smallest absolute Gasteiger partial charge is 0.312 e. The Hall–Kier alpha value is -3.06. The van der Waals surface area contributed by atoms with Crippen molar-refractivity contribution in [3.8, 4) is 5.75 Å². The fourth-order valence-corrected chi connectivity index (χ4v) is 4.95. The molecular formula is C21H29N5O7S. The first kappa shape index (κ1) is 25.6. The predicted molar refractivity (Wildman–Crippen MR) is 121 cm³/mol. The van der Waals surface area contributed by atoms with E-state index in [-0.39, 0.29) is 54.6 Å². The zero-order chi connectivity index (χ0) is 25.1. The second-order valence-corrected chi connectivity index (χ2v) is 10.9. The summed E-state index contributed by atoms with van der Waals surface area (Å²) in [5.74, 6) is 1.01. The van der Waals surface area contributed by atoms with Gasteiger partial charge in [-0.3, -0.25) is 14.9 Å². The lowest BCUT2D eigenvalue weighted by atomic mass is 9.96. The fourth-order valence-electron chi connectivity index (χ4n) is 3.51. The van der Waals surface area contributed by atoms with E-state index in [2.05, 4.69) is 10.1 Å². The number of carbonyl (C=O) groups is 1. The van der Waals surface area contributed by atoms with E-state index >= 15 is 0 Å². The van der Waals surface area contributed by atoms with Gasteiger partial charge in [0.25, 0.3) is 0 Å². The fraction of sp³-hybridized carbons (Fsp3) is 0.571. The highest BCUT2D eigenvalue weighted by molar-refractivity contribution is 7.89. The first-order valence-corrected chi connectivity index (χ1v) is 12.3. The number of amides is 1. The maximum atomic E-state index is 13.0. The van der Waals surface area contributed by atoms with Crippen LogP contribution in [0.5, 0.6) is 5.75 Å². The number of sulfonamides is 1. The molecule has 186 valence electrons. The molecule has 1 aromatic heterocycles. The van der Waals surface area contributed by atoms with Crippen LogP contribution in [-0.4, -0.2) is 71.9 Å². The minimum Gasteiger partial charge on any atom is -0.490 e. The number of ether oxygens (including phenoxy) is 1. The molecule has 12 nitrogen and oxygen atoms in total. The summed E-state index contributed by atoms with van der Waals surface area (Å²) in [5, 5.41) is 15.2. The molecule has 2 heterocycles. The van der Waals surface area contributed by atoms with E-state index in [0.717, 1.165) is 6.07 Å². The van der Waals surface area contributed by atoms with Crippen molar-refractivity contribution in [3.63, 3.8) is 0 Å². The summed E-state index contributed by atoms with van der Waals surface area (Å²) in [7, 11) is -2.67. The van der Waals surface area contributed by atoms with Crippen LogP contribution in [0.25, 0.3) is 0 Å². The van der Waals surface area contributed by atoms with Gasteiger partial charge in [-0.2, -0.15) is 9.29 Å². The topological polar surface area (TPSA) is 149 Å². The Kier molecular flexibility index (Phi) is 7.56. The molecule has 13 heteroatoms. The predicted octanol–water partition coefficient (Wildman–Crippen LogP) is 2.14. The summed E-state index contributed by atoms with van der Waals surface area (Å²) in [5.41, 5.74) is -0.637. The molecule has 34 heavy (non-hydrogen) atoms. The molecule has 1 fully saturated rings. The number of hydrogen-bond donors (Lipinski definition) is 0. The molecule has 0 atom stereocenters. The van der Waals surface area contributed by atoms with Crippen LogP contribution in [0.4, 0.5) is 5.69 Å². The van der Waals surface area contributed by atoms with E-state index < -0.39 is 20.6 Å². The third-order valence-electron chi connectivity index (χ3n) is 5.50. The first-order chi connectivity index (χ1) is 15.9. The van der Waals surface area contributed by atoms with Gasteiger partial charge >= 0.3 is 5.69 Å². The van der Waals surface area contributed by atoms with Crippen LogP contribution in [0.1, 0.15) is 45.3 Å². The number of nitrogens with zero attached hydrogens (tertiary/aromatic N) is 5. The van der Waals surface area contributed by atoms with Crippen LogP contribution in [0.2, 0.25) is 0 Å². The van der Waals surface area contributed by atoms with Crippen molar-refractivity contribution in [2.75, 3.05) is 33.3 Å². The number of nitro groups is 1. The molecule has 0 aliphatic carbocycles. The molecule has 1 amide bonds. The number of hydrogen-bond acceptors (Lipinski definition) is 9. The molecule has 3 rings (SSSR count). The quantitative estimate of drug-likeness (QED) is 0.396. The second kappa shape index (κ2) is 10.1. The average molecular weight is 496 g/mol. The normalized spacial score (nSPS) is 15.4.